The molecular formula is C22H37N5O2S+2. The van der Waals surface area contributed by atoms with Gasteiger partial charge in [0.2, 0.25) is 0 Å². The molecule has 166 valence electrons. The minimum Gasteiger partial charge on any atom is -0.494 e. The van der Waals surface area contributed by atoms with E-state index in [0.29, 0.717) is 23.8 Å². The summed E-state index contributed by atoms with van der Waals surface area (Å²) >= 11 is 5.67. The van der Waals surface area contributed by atoms with Crippen LogP contribution in [0.15, 0.2) is 29.1 Å². The molecule has 1 aromatic carbocycles. The van der Waals surface area contributed by atoms with Crippen molar-refractivity contribution in [3.63, 3.8) is 0 Å². The molecule has 0 bridgehead atoms. The first-order valence-electron chi connectivity index (χ1n) is 10.7. The summed E-state index contributed by atoms with van der Waals surface area (Å²) in [6.07, 6.45) is 1.05. The molecule has 0 amide bonds. The van der Waals surface area contributed by atoms with Gasteiger partial charge in [-0.05, 0) is 43.4 Å². The smallest absolute Gasteiger partial charge is 0.253 e. The van der Waals surface area contributed by atoms with Crippen LogP contribution in [0, 0.1) is 0 Å². The Morgan fingerprint density at radius 1 is 1.17 bits per heavy atom. The first-order chi connectivity index (χ1) is 14.3. The maximum atomic E-state index is 12.7. The van der Waals surface area contributed by atoms with Crippen LogP contribution in [0.1, 0.15) is 18.9 Å². The second-order valence-corrected chi connectivity index (χ2v) is 8.61. The molecule has 0 aliphatic heterocycles. The van der Waals surface area contributed by atoms with E-state index in [9.17, 15) is 4.79 Å². The summed E-state index contributed by atoms with van der Waals surface area (Å²) in [5.74, 6) is 0.802. The number of pyridine rings is 1. The molecule has 0 spiro atoms. The van der Waals surface area contributed by atoms with Gasteiger partial charge in [-0.15, -0.1) is 0 Å². The molecule has 30 heavy (non-hydrogen) atoms. The number of fused-ring (bicyclic) bond motifs is 1. The van der Waals surface area contributed by atoms with Crippen molar-refractivity contribution < 1.29 is 14.5 Å². The molecule has 8 heteroatoms. The summed E-state index contributed by atoms with van der Waals surface area (Å²) in [6, 6.07) is 7.68. The number of nitrogens with zero attached hydrogens (tertiary/aromatic N) is 1. The lowest BCUT2D eigenvalue weighted by molar-refractivity contribution is -0.858. The molecule has 0 saturated carbocycles. The highest BCUT2D eigenvalue weighted by Crippen LogP contribution is 2.19. The predicted molar refractivity (Wildman–Crippen MR) is 127 cm³/mol. The van der Waals surface area contributed by atoms with Crippen LogP contribution >= 0.6 is 12.2 Å². The van der Waals surface area contributed by atoms with Gasteiger partial charge in [-0.2, -0.15) is 0 Å². The Kier molecular flexibility index (Phi) is 9.55. The fraction of sp³-hybridized carbons (Fsp3) is 0.545. The van der Waals surface area contributed by atoms with E-state index in [4.69, 9.17) is 17.0 Å². The fourth-order valence-corrected chi connectivity index (χ4v) is 3.43. The monoisotopic (exact) mass is 435 g/mol. The minimum atomic E-state index is -0.0760. The molecule has 0 atom stereocenters. The third-order valence-corrected chi connectivity index (χ3v) is 5.27. The van der Waals surface area contributed by atoms with Crippen LogP contribution in [0.4, 0.5) is 0 Å². The van der Waals surface area contributed by atoms with Crippen LogP contribution < -0.4 is 25.4 Å². The molecule has 2 rings (SSSR count). The topological polar surface area (TPSA) is 66.2 Å². The number of rotatable bonds is 11. The maximum Gasteiger partial charge on any atom is 0.253 e. The Balaban J connectivity index is 2.18. The summed E-state index contributed by atoms with van der Waals surface area (Å²) in [6.45, 7) is 6.68. The lowest BCUT2D eigenvalue weighted by Crippen LogP contribution is -3.06. The van der Waals surface area contributed by atoms with Crippen molar-refractivity contribution >= 4 is 28.2 Å². The first-order valence-corrected chi connectivity index (χ1v) is 11.1. The molecular weight excluding hydrogens is 398 g/mol. The number of quaternary nitrogens is 2. The van der Waals surface area contributed by atoms with Crippen molar-refractivity contribution in [1.29, 1.82) is 0 Å². The molecule has 7 nitrogen and oxygen atoms in total. The van der Waals surface area contributed by atoms with Gasteiger partial charge < -0.3 is 29.7 Å². The van der Waals surface area contributed by atoms with E-state index >= 15 is 0 Å². The Labute approximate surface area is 185 Å². The number of aromatic amines is 1. The highest BCUT2D eigenvalue weighted by atomic mass is 32.1. The summed E-state index contributed by atoms with van der Waals surface area (Å²) in [4.78, 5) is 20.5. The lowest BCUT2D eigenvalue weighted by Gasteiger charge is -2.26. The Hall–Kier alpha value is -2.16. The molecule has 4 N–H and O–H groups in total. The molecule has 2 aromatic rings. The van der Waals surface area contributed by atoms with Gasteiger partial charge in [0.05, 0.1) is 61.0 Å². The maximum absolute atomic E-state index is 12.7. The molecule has 0 radical (unpaired) electrons. The molecule has 0 unspecified atom stereocenters. The van der Waals surface area contributed by atoms with Gasteiger partial charge in [-0.25, -0.2) is 0 Å². The predicted octanol–water partition coefficient (Wildman–Crippen LogP) is -0.718. The van der Waals surface area contributed by atoms with Crippen LogP contribution in [0.3, 0.4) is 0 Å². The van der Waals surface area contributed by atoms with Gasteiger partial charge in [-0.3, -0.25) is 4.79 Å². The van der Waals surface area contributed by atoms with Gasteiger partial charge in [0.1, 0.15) is 5.75 Å². The standard InChI is InChI=1S/C22H35N5O2S/c1-6-29-19-8-9-20-17(15-19)14-18(21(28)24-20)16-27(13-12-26(4)5)22(30)23-10-7-11-25(2)3/h8-9,14-15H,6-7,10-13,16H2,1-5H3,(H,23,30)(H,24,28)/p+2. The zero-order valence-electron chi connectivity index (χ0n) is 18.9. The quantitative estimate of drug-likeness (QED) is 0.277. The van der Waals surface area contributed by atoms with E-state index in [1.807, 2.05) is 31.2 Å². The summed E-state index contributed by atoms with van der Waals surface area (Å²) < 4.78 is 5.60. The Morgan fingerprint density at radius 2 is 1.90 bits per heavy atom. The SMILES string of the molecule is CCOc1ccc2[nH]c(=O)c(CN(CC[NH+](C)C)C(=S)NCCC[NH+](C)C)cc2c1. The largest absolute Gasteiger partial charge is 0.494 e. The molecule has 0 aliphatic carbocycles. The number of thiocarbonyl (C=S) groups is 1. The van der Waals surface area contributed by atoms with Gasteiger partial charge >= 0.3 is 0 Å². The van der Waals surface area contributed by atoms with Crippen molar-refractivity contribution in [2.24, 2.45) is 0 Å². The number of ether oxygens (including phenoxy) is 1. The third-order valence-electron chi connectivity index (χ3n) is 4.86. The van der Waals surface area contributed by atoms with Gasteiger partial charge in [0.25, 0.3) is 5.56 Å². The molecule has 0 aliphatic rings. The van der Waals surface area contributed by atoms with Gasteiger partial charge in [0.15, 0.2) is 5.11 Å². The average molecular weight is 436 g/mol. The van der Waals surface area contributed by atoms with E-state index in [2.05, 4.69) is 43.4 Å². The fourth-order valence-electron chi connectivity index (χ4n) is 3.17. The highest BCUT2D eigenvalue weighted by molar-refractivity contribution is 7.80. The zero-order valence-corrected chi connectivity index (χ0v) is 19.7. The van der Waals surface area contributed by atoms with E-state index in [-0.39, 0.29) is 5.56 Å². The Morgan fingerprint density at radius 3 is 2.57 bits per heavy atom. The second kappa shape index (κ2) is 11.9. The van der Waals surface area contributed by atoms with Crippen molar-refractivity contribution in [3.8, 4) is 5.75 Å². The summed E-state index contributed by atoms with van der Waals surface area (Å²) in [7, 11) is 8.53. The van der Waals surface area contributed by atoms with Crippen molar-refractivity contribution in [2.75, 3.05) is 61.0 Å². The number of aromatic nitrogens is 1. The lowest BCUT2D eigenvalue weighted by atomic mass is 10.1. The van der Waals surface area contributed by atoms with Gasteiger partial charge in [-0.1, -0.05) is 0 Å². The molecule has 0 saturated heterocycles. The number of H-pyrrole nitrogens is 1. The number of hydrogen-bond donors (Lipinski definition) is 4. The van der Waals surface area contributed by atoms with E-state index in [0.717, 1.165) is 49.3 Å². The second-order valence-electron chi connectivity index (χ2n) is 8.23. The van der Waals surface area contributed by atoms with Crippen molar-refractivity contribution in [2.45, 2.75) is 19.9 Å². The van der Waals surface area contributed by atoms with Crippen LogP contribution in [0.2, 0.25) is 0 Å². The number of hydrogen-bond acceptors (Lipinski definition) is 3. The normalized spacial score (nSPS) is 11.3. The zero-order chi connectivity index (χ0) is 22.1. The van der Waals surface area contributed by atoms with E-state index in [1.54, 1.807) is 0 Å². The molecule has 0 fully saturated rings. The number of nitrogens with one attached hydrogen (secondary N) is 4. The van der Waals surface area contributed by atoms with Crippen molar-refractivity contribution in [1.82, 2.24) is 15.2 Å². The molecule has 1 aromatic heterocycles. The number of likely N-dealkylation sites (N-methyl/N-ethyl adjacent to an activating group) is 1. The van der Waals surface area contributed by atoms with Crippen LogP contribution in [0.5, 0.6) is 5.75 Å². The van der Waals surface area contributed by atoms with Crippen molar-refractivity contribution in [3.05, 3.63) is 40.2 Å². The minimum absolute atomic E-state index is 0.0760. The first kappa shape index (κ1) is 24.1. The Bertz CT molecular complexity index is 881. The van der Waals surface area contributed by atoms with Crippen LogP contribution in [0.25, 0.3) is 10.9 Å². The molecule has 1 heterocycles. The third kappa shape index (κ3) is 7.59. The van der Waals surface area contributed by atoms with Crippen LogP contribution in [-0.2, 0) is 6.54 Å². The summed E-state index contributed by atoms with van der Waals surface area (Å²) in [5.41, 5.74) is 1.43. The highest BCUT2D eigenvalue weighted by Gasteiger charge is 2.15. The van der Waals surface area contributed by atoms with Gasteiger partial charge in [0, 0.05) is 29.4 Å². The average Bonchev–Trinajstić information content (AvgIpc) is 2.68. The van der Waals surface area contributed by atoms with Crippen LogP contribution in [-0.4, -0.2) is 76.0 Å². The number of benzene rings is 1. The summed E-state index contributed by atoms with van der Waals surface area (Å²) in [5, 5.41) is 5.03. The van der Waals surface area contributed by atoms with E-state index < -0.39 is 0 Å². The van der Waals surface area contributed by atoms with E-state index in [1.165, 1.54) is 9.80 Å².